The first-order valence-corrected chi connectivity index (χ1v) is 47.3. The fraction of sp³-hybridized carbons (Fsp3) is 0.242. The lowest BCUT2D eigenvalue weighted by atomic mass is 9.94. The predicted molar refractivity (Wildman–Crippen MR) is 568 cm³/mol. The van der Waals surface area contributed by atoms with Crippen LogP contribution in [0.2, 0.25) is 5.02 Å². The predicted octanol–water partition coefficient (Wildman–Crippen LogP) is 26.5. The van der Waals surface area contributed by atoms with E-state index in [1.807, 2.05) is 131 Å². The molecule has 0 bridgehead atoms. The molecule has 0 radical (unpaired) electrons. The zero-order valence-electron chi connectivity index (χ0n) is 83.2. The first kappa shape index (κ1) is 111. The highest BCUT2D eigenvalue weighted by Gasteiger charge is 2.39. The molecule has 5 aromatic heterocycles. The van der Waals surface area contributed by atoms with Crippen molar-refractivity contribution < 1.29 is 80.2 Å². The lowest BCUT2D eigenvalue weighted by Crippen LogP contribution is -2.40. The molecule has 12 aromatic carbocycles. The zero-order valence-corrected chi connectivity index (χ0v) is 84.0. The van der Waals surface area contributed by atoms with Gasteiger partial charge in [-0.15, -0.1) is 0 Å². The minimum absolute atomic E-state index is 0. The maximum absolute atomic E-state index is 15.2. The van der Waals surface area contributed by atoms with Crippen LogP contribution in [-0.2, 0) is 95.0 Å². The molecule has 0 aliphatic rings. The Morgan fingerprint density at radius 1 is 0.342 bits per heavy atom. The van der Waals surface area contributed by atoms with Crippen molar-refractivity contribution in [2.75, 3.05) is 0 Å². The van der Waals surface area contributed by atoms with E-state index in [0.29, 0.717) is 82.7 Å². The van der Waals surface area contributed by atoms with Crippen LogP contribution in [0.25, 0.3) is 101 Å². The largest absolute Gasteiger partial charge is 0.407 e. The second kappa shape index (κ2) is 46.2. The van der Waals surface area contributed by atoms with Gasteiger partial charge in [-0.2, -0.15) is 13.2 Å². The smallest absolute Gasteiger partial charge is 0.380 e. The van der Waals surface area contributed by atoms with Crippen LogP contribution < -0.4 is 0 Å². The normalized spacial score (nSPS) is 13.2. The molecular formula is C120H109ClF7N11O10. The van der Waals surface area contributed by atoms with Crippen LogP contribution in [0.1, 0.15) is 114 Å². The van der Waals surface area contributed by atoms with E-state index in [9.17, 15) is 75.8 Å². The Morgan fingerprint density at radius 3 is 1.13 bits per heavy atom. The fourth-order valence-corrected chi connectivity index (χ4v) is 17.8. The number of alkyl halides is 3. The molecule has 0 fully saturated rings. The highest BCUT2D eigenvalue weighted by Crippen LogP contribution is 2.40. The molecule has 5 heterocycles. The third-order valence-corrected chi connectivity index (χ3v) is 26.3. The van der Waals surface area contributed by atoms with Crippen LogP contribution in [0.5, 0.6) is 0 Å². The summed E-state index contributed by atoms with van der Waals surface area (Å²) in [7, 11) is 0. The number of carbonyl (C=O) groups is 5. The number of aliphatic hydroxyl groups is 5. The molecule has 17 rings (SSSR count). The minimum Gasteiger partial charge on any atom is -0.380 e. The Kier molecular flexibility index (Phi) is 34.5. The van der Waals surface area contributed by atoms with Crippen LogP contribution in [-0.4, -0.2) is 110 Å². The van der Waals surface area contributed by atoms with Gasteiger partial charge >= 0.3 is 6.18 Å². The second-order valence-corrected chi connectivity index (χ2v) is 38.8. The van der Waals surface area contributed by atoms with Crippen LogP contribution >= 0.6 is 11.6 Å². The summed E-state index contributed by atoms with van der Waals surface area (Å²) in [5.41, 5.74) is 8.25. The van der Waals surface area contributed by atoms with Crippen LogP contribution in [0, 0.1) is 105 Å². The van der Waals surface area contributed by atoms with Crippen molar-refractivity contribution in [2.24, 2.45) is 0 Å². The number of imidazole rings is 1. The number of ketones is 5. The number of Topliss-reactive ketones (excluding diaryl/α,β-unsaturated/α-hetero) is 5. The second-order valence-electron chi connectivity index (χ2n) is 38.4. The first-order valence-electron chi connectivity index (χ1n) is 46.9. The zero-order chi connectivity index (χ0) is 108. The first-order chi connectivity index (χ1) is 69.9. The molecule has 29 heteroatoms. The number of benzene rings is 12. The van der Waals surface area contributed by atoms with Crippen LogP contribution in [0.3, 0.4) is 0 Å². The van der Waals surface area contributed by atoms with Gasteiger partial charge in [0.15, 0.2) is 57.4 Å². The van der Waals surface area contributed by atoms with Crippen molar-refractivity contribution >= 4 is 124 Å². The lowest BCUT2D eigenvalue weighted by molar-refractivity contribution is -0.138. The topological polar surface area (TPSA) is 246 Å². The third-order valence-electron chi connectivity index (χ3n) is 26.0. The minimum atomic E-state index is -4.70. The number of nitrogens with zero attached hydrogens (tertiary/aromatic N) is 11. The molecule has 0 saturated carbocycles. The van der Waals surface area contributed by atoms with E-state index in [0.717, 1.165) is 95.3 Å². The van der Waals surface area contributed by atoms with Gasteiger partial charge < -0.3 is 48.4 Å². The Hall–Kier alpha value is -16.3. The standard InChI is InChI=1S/C27H22F2N2O2.C27H23FN2O2.C22H21ClN2O2.C22H21FN2O2.C21H18F3N3O2.CH4/c1-17-12-18(4-9-24(17)30-3)13-26(32)27(2,33)16-31-11-10-22-23(29)14-20(15-25(22)31)19-5-7-21(28)8-6-19;1-18-15-19(9-11-23(18)29-3)16-25(31)27(2,32)17-30-14-13-22-24(30)12-10-21(26(22)28)20-7-5-4-6-8-20;2*1-14-5-8-20-17(9-14)18(23)12-25(20)13-22(3,27)21(26)11-16-6-7-19(24-4)15(2)10-16;1-13-4-7-18-17(8-13)26-12-27(18)11-20(2,29)19(28)10-14-5-6-16(25-3)15(9-14)21(22,23)24;/h4-12,14-15,33H,13,16H2,1-2H3;4-15,32H,16-17H2,1-2H3;2*5-10,12,27H,11,13H2,1-3H3;4-9,12,29H,10-11H2,1-2H3;1H4/t2*27-;2*22-;20-;/m00000./s1. The number of aromatic nitrogens is 6. The van der Waals surface area contributed by atoms with E-state index in [4.69, 9.17) is 44.5 Å². The van der Waals surface area contributed by atoms with E-state index >= 15 is 4.39 Å². The number of halogens is 8. The highest BCUT2D eigenvalue weighted by molar-refractivity contribution is 6.35. The molecule has 0 aliphatic carbocycles. The summed E-state index contributed by atoms with van der Waals surface area (Å²) in [6, 6.07) is 66.0. The van der Waals surface area contributed by atoms with Gasteiger partial charge in [0.1, 0.15) is 51.3 Å². The number of hydrogen-bond donors (Lipinski definition) is 5. The van der Waals surface area contributed by atoms with Crippen molar-refractivity contribution in [1.29, 1.82) is 0 Å². The van der Waals surface area contributed by atoms with Gasteiger partial charge in [0.25, 0.3) is 0 Å². The molecule has 149 heavy (non-hydrogen) atoms. The molecule has 21 nitrogen and oxygen atoms in total. The fourth-order valence-electron chi connectivity index (χ4n) is 17.5. The molecule has 760 valence electrons. The molecule has 0 spiro atoms. The summed E-state index contributed by atoms with van der Waals surface area (Å²) < 4.78 is 105. The van der Waals surface area contributed by atoms with Crippen molar-refractivity contribution in [1.82, 2.24) is 27.8 Å². The van der Waals surface area contributed by atoms with Crippen molar-refractivity contribution in [3.63, 3.8) is 0 Å². The van der Waals surface area contributed by atoms with Gasteiger partial charge in [-0.3, -0.25) is 24.0 Å². The summed E-state index contributed by atoms with van der Waals surface area (Å²) in [5, 5.41) is 57.0. The van der Waals surface area contributed by atoms with Gasteiger partial charge in [0.05, 0.1) is 110 Å². The van der Waals surface area contributed by atoms with Crippen LogP contribution in [0.15, 0.2) is 268 Å². The lowest BCUT2D eigenvalue weighted by Gasteiger charge is -2.23. The van der Waals surface area contributed by atoms with E-state index in [-0.39, 0.29) is 118 Å². The molecule has 0 amide bonds. The Morgan fingerprint density at radius 2 is 0.705 bits per heavy atom. The van der Waals surface area contributed by atoms with Gasteiger partial charge in [0.2, 0.25) is 0 Å². The number of rotatable bonds is 27. The Labute approximate surface area is 863 Å². The Bertz CT molecular complexity index is 8060. The van der Waals surface area contributed by atoms with Crippen molar-refractivity contribution in [3.8, 4) is 22.3 Å². The molecule has 0 unspecified atom stereocenters. The quantitative estimate of drug-likeness (QED) is 0.0239. The number of carbonyl (C=O) groups excluding carboxylic acids is 5. The van der Waals surface area contributed by atoms with Crippen LogP contribution in [0.4, 0.5) is 59.2 Å². The highest BCUT2D eigenvalue weighted by atomic mass is 35.5. The van der Waals surface area contributed by atoms with Crippen molar-refractivity contribution in [3.05, 3.63) is 425 Å². The van der Waals surface area contributed by atoms with Gasteiger partial charge in [0, 0.05) is 89.5 Å². The summed E-state index contributed by atoms with van der Waals surface area (Å²) in [5.74, 6) is -3.49. The molecule has 0 saturated heterocycles. The average Bonchev–Trinajstić information content (AvgIpc) is 2.04. The average molecular weight is 2030 g/mol. The van der Waals surface area contributed by atoms with E-state index in [2.05, 4.69) is 29.2 Å². The number of aryl methyl sites for hydroxylation is 7. The van der Waals surface area contributed by atoms with Gasteiger partial charge in [-0.25, -0.2) is 46.8 Å². The van der Waals surface area contributed by atoms with E-state index in [1.54, 1.807) is 159 Å². The van der Waals surface area contributed by atoms with Gasteiger partial charge in [-0.1, -0.05) is 182 Å². The van der Waals surface area contributed by atoms with E-state index < -0.39 is 57.0 Å². The third kappa shape index (κ3) is 26.6. The monoisotopic (exact) mass is 2030 g/mol. The maximum atomic E-state index is 15.2. The molecule has 5 N–H and O–H groups in total. The van der Waals surface area contributed by atoms with Crippen molar-refractivity contribution in [2.45, 2.75) is 190 Å². The summed E-state index contributed by atoms with van der Waals surface area (Å²) >= 11 is 6.32. The van der Waals surface area contributed by atoms with E-state index in [1.165, 1.54) is 71.4 Å². The SMILES string of the molecule is C.[C-]#[N+]c1ccc(CC(=O)[C@@](C)(O)Cn2cc(Cl)c3cc(C)ccc32)cc1C.[C-]#[N+]c1ccc(CC(=O)[C@@](C)(O)Cn2cc(F)c3cc(C)ccc32)cc1C.[C-]#[N+]c1ccc(CC(=O)[C@@](C)(O)Cn2ccc3c(F)c(-c4ccccc4)ccc32)cc1C.[C-]#[N+]c1ccc(CC(=O)[C@@](C)(O)Cn2ccc3c(F)cc(-c4ccc(F)cc4)cc32)cc1C.[C-]#[N+]c1ccc(CC(=O)[C@@](C)(O)Cn2cnc3cc(C)ccc32)cc1C(F)(F)F. The molecular weight excluding hydrogens is 1920 g/mol. The number of fused-ring (bicyclic) bond motifs is 5. The summed E-state index contributed by atoms with van der Waals surface area (Å²) in [6.07, 6.45) is 3.05. The van der Waals surface area contributed by atoms with Gasteiger partial charge in [-0.05, 0) is 240 Å². The number of hydrogen-bond acceptors (Lipinski definition) is 11. The maximum Gasteiger partial charge on any atom is 0.407 e. The molecule has 5 atom stereocenters. The molecule has 17 aromatic rings. The summed E-state index contributed by atoms with van der Waals surface area (Å²) in [4.78, 5) is 84.7. The summed E-state index contributed by atoms with van der Waals surface area (Å²) in [6.45, 7) is 55.6. The Balaban J connectivity index is 0.000000165. The molecule has 0 aliphatic heterocycles.